The monoisotopic (exact) mass is 267 g/mol. The van der Waals surface area contributed by atoms with Crippen molar-refractivity contribution in [2.45, 2.75) is 33.2 Å². The molecule has 0 fully saturated rings. The molecule has 19 heavy (non-hydrogen) atoms. The SMILES string of the molecule is CCn1nc(C)c(N)c1C(=O)NCCCCN(C)C. The van der Waals surface area contributed by atoms with Crippen LogP contribution in [-0.2, 0) is 6.54 Å². The number of nitrogens with two attached hydrogens (primary N) is 1. The van der Waals surface area contributed by atoms with Crippen LogP contribution in [0.5, 0.6) is 0 Å². The second kappa shape index (κ2) is 7.13. The second-order valence-electron chi connectivity index (χ2n) is 4.93. The second-order valence-corrected chi connectivity index (χ2v) is 4.93. The van der Waals surface area contributed by atoms with E-state index in [9.17, 15) is 4.79 Å². The van der Waals surface area contributed by atoms with Gasteiger partial charge in [-0.15, -0.1) is 0 Å². The molecule has 1 amide bonds. The summed E-state index contributed by atoms with van der Waals surface area (Å²) in [4.78, 5) is 14.2. The Kier molecular flexibility index (Phi) is 5.82. The summed E-state index contributed by atoms with van der Waals surface area (Å²) in [6, 6.07) is 0. The smallest absolute Gasteiger partial charge is 0.271 e. The Balaban J connectivity index is 2.50. The molecule has 0 saturated heterocycles. The third kappa shape index (κ3) is 4.24. The molecule has 0 aliphatic rings. The van der Waals surface area contributed by atoms with E-state index in [0.29, 0.717) is 30.2 Å². The average molecular weight is 267 g/mol. The number of nitrogen functional groups attached to an aromatic ring is 1. The van der Waals surface area contributed by atoms with Crippen LogP contribution in [0.1, 0.15) is 35.9 Å². The van der Waals surface area contributed by atoms with Crippen LogP contribution >= 0.6 is 0 Å². The van der Waals surface area contributed by atoms with Crippen LogP contribution in [0.3, 0.4) is 0 Å². The Morgan fingerprint density at radius 3 is 2.68 bits per heavy atom. The molecule has 108 valence electrons. The summed E-state index contributed by atoms with van der Waals surface area (Å²) in [5, 5.41) is 7.14. The van der Waals surface area contributed by atoms with Gasteiger partial charge in [0.1, 0.15) is 5.69 Å². The molecule has 0 spiro atoms. The minimum Gasteiger partial charge on any atom is -0.395 e. The summed E-state index contributed by atoms with van der Waals surface area (Å²) < 4.78 is 1.65. The lowest BCUT2D eigenvalue weighted by molar-refractivity contribution is 0.0943. The Morgan fingerprint density at radius 2 is 2.11 bits per heavy atom. The standard InChI is InChI=1S/C13H25N5O/c1-5-18-12(11(14)10(2)16-18)13(19)15-8-6-7-9-17(3)4/h5-9,14H2,1-4H3,(H,15,19). The predicted octanol–water partition coefficient (Wildman–Crippen LogP) is 0.865. The van der Waals surface area contributed by atoms with Crippen LogP contribution < -0.4 is 11.1 Å². The first-order chi connectivity index (χ1) is 8.97. The largest absolute Gasteiger partial charge is 0.395 e. The molecular weight excluding hydrogens is 242 g/mol. The lowest BCUT2D eigenvalue weighted by Gasteiger charge is -2.10. The van der Waals surface area contributed by atoms with E-state index in [4.69, 9.17) is 5.73 Å². The number of nitrogens with one attached hydrogen (secondary N) is 1. The van der Waals surface area contributed by atoms with Gasteiger partial charge in [0.15, 0.2) is 0 Å². The van der Waals surface area contributed by atoms with Gasteiger partial charge in [-0.05, 0) is 47.3 Å². The fraction of sp³-hybridized carbons (Fsp3) is 0.692. The molecule has 3 N–H and O–H groups in total. The van der Waals surface area contributed by atoms with Gasteiger partial charge >= 0.3 is 0 Å². The minimum atomic E-state index is -0.134. The van der Waals surface area contributed by atoms with Crippen molar-refractivity contribution in [3.8, 4) is 0 Å². The predicted molar refractivity (Wildman–Crippen MR) is 77.2 cm³/mol. The lowest BCUT2D eigenvalue weighted by atomic mass is 10.2. The molecule has 0 aromatic carbocycles. The number of rotatable bonds is 7. The van der Waals surface area contributed by atoms with Gasteiger partial charge in [-0.3, -0.25) is 9.48 Å². The van der Waals surface area contributed by atoms with E-state index in [1.807, 2.05) is 27.9 Å². The molecule has 1 aromatic rings. The van der Waals surface area contributed by atoms with Gasteiger partial charge in [0, 0.05) is 13.1 Å². The summed E-state index contributed by atoms with van der Waals surface area (Å²) in [6.45, 7) is 6.10. The fourth-order valence-corrected chi connectivity index (χ4v) is 1.90. The van der Waals surface area contributed by atoms with Gasteiger partial charge in [0.25, 0.3) is 5.91 Å². The molecule has 6 heteroatoms. The van der Waals surface area contributed by atoms with Crippen LogP contribution in [0.4, 0.5) is 5.69 Å². The molecule has 1 heterocycles. The average Bonchev–Trinajstić information content (AvgIpc) is 2.64. The van der Waals surface area contributed by atoms with Crippen LogP contribution in [0.25, 0.3) is 0 Å². The van der Waals surface area contributed by atoms with E-state index in [0.717, 1.165) is 19.4 Å². The number of amides is 1. The third-order valence-electron chi connectivity index (χ3n) is 3.01. The van der Waals surface area contributed by atoms with E-state index in [1.54, 1.807) is 4.68 Å². The number of unbranched alkanes of at least 4 members (excludes halogenated alkanes) is 1. The number of aryl methyl sites for hydroxylation is 2. The molecule has 0 radical (unpaired) electrons. The zero-order valence-corrected chi connectivity index (χ0v) is 12.4. The van der Waals surface area contributed by atoms with Crippen molar-refractivity contribution in [1.82, 2.24) is 20.0 Å². The molecule has 1 rings (SSSR count). The Labute approximate surface area is 114 Å². The molecule has 0 atom stereocenters. The highest BCUT2D eigenvalue weighted by molar-refractivity contribution is 5.97. The van der Waals surface area contributed by atoms with Crippen molar-refractivity contribution in [2.75, 3.05) is 32.9 Å². The van der Waals surface area contributed by atoms with Gasteiger partial charge in [0.2, 0.25) is 0 Å². The number of hydrogen-bond donors (Lipinski definition) is 2. The van der Waals surface area contributed by atoms with Gasteiger partial charge in [-0.2, -0.15) is 5.10 Å². The van der Waals surface area contributed by atoms with E-state index >= 15 is 0 Å². The molecule has 0 aliphatic heterocycles. The van der Waals surface area contributed by atoms with Crippen molar-refractivity contribution < 1.29 is 4.79 Å². The number of nitrogens with zero attached hydrogens (tertiary/aromatic N) is 3. The highest BCUT2D eigenvalue weighted by Gasteiger charge is 2.18. The zero-order valence-electron chi connectivity index (χ0n) is 12.4. The number of hydrogen-bond acceptors (Lipinski definition) is 4. The van der Waals surface area contributed by atoms with Crippen molar-refractivity contribution in [3.05, 3.63) is 11.4 Å². The molecule has 0 bridgehead atoms. The highest BCUT2D eigenvalue weighted by Crippen LogP contribution is 2.16. The third-order valence-corrected chi connectivity index (χ3v) is 3.01. The van der Waals surface area contributed by atoms with Gasteiger partial charge in [-0.1, -0.05) is 0 Å². The maximum atomic E-state index is 12.1. The Hall–Kier alpha value is -1.56. The van der Waals surface area contributed by atoms with Crippen molar-refractivity contribution in [1.29, 1.82) is 0 Å². The summed E-state index contributed by atoms with van der Waals surface area (Å²) in [5.41, 5.74) is 7.57. The normalized spacial score (nSPS) is 11.0. The number of carbonyl (C=O) groups excluding carboxylic acids is 1. The highest BCUT2D eigenvalue weighted by atomic mass is 16.2. The summed E-state index contributed by atoms with van der Waals surface area (Å²) in [7, 11) is 4.09. The molecule has 6 nitrogen and oxygen atoms in total. The van der Waals surface area contributed by atoms with Crippen molar-refractivity contribution >= 4 is 11.6 Å². The quantitative estimate of drug-likeness (QED) is 0.719. The van der Waals surface area contributed by atoms with Gasteiger partial charge < -0.3 is 16.0 Å². The van der Waals surface area contributed by atoms with Crippen molar-refractivity contribution in [2.24, 2.45) is 0 Å². The number of aromatic nitrogens is 2. The van der Waals surface area contributed by atoms with Crippen molar-refractivity contribution in [3.63, 3.8) is 0 Å². The first-order valence-electron chi connectivity index (χ1n) is 6.73. The van der Waals surface area contributed by atoms with Crippen LogP contribution in [0.2, 0.25) is 0 Å². The zero-order chi connectivity index (χ0) is 14.4. The maximum Gasteiger partial charge on any atom is 0.271 e. The van der Waals surface area contributed by atoms with E-state index in [2.05, 4.69) is 15.3 Å². The van der Waals surface area contributed by atoms with Gasteiger partial charge in [0.05, 0.1) is 11.4 Å². The molecular formula is C13H25N5O. The van der Waals surface area contributed by atoms with Crippen LogP contribution in [-0.4, -0.2) is 47.8 Å². The fourth-order valence-electron chi connectivity index (χ4n) is 1.90. The summed E-state index contributed by atoms with van der Waals surface area (Å²) in [6.07, 6.45) is 2.03. The number of carbonyl (C=O) groups is 1. The first kappa shape index (κ1) is 15.5. The maximum absolute atomic E-state index is 12.1. The Morgan fingerprint density at radius 1 is 1.42 bits per heavy atom. The van der Waals surface area contributed by atoms with Crippen LogP contribution in [0.15, 0.2) is 0 Å². The molecule has 1 aromatic heterocycles. The van der Waals surface area contributed by atoms with E-state index in [-0.39, 0.29) is 5.91 Å². The minimum absolute atomic E-state index is 0.134. The first-order valence-corrected chi connectivity index (χ1v) is 6.73. The van der Waals surface area contributed by atoms with E-state index in [1.165, 1.54) is 0 Å². The van der Waals surface area contributed by atoms with Gasteiger partial charge in [-0.25, -0.2) is 0 Å². The van der Waals surface area contributed by atoms with Crippen LogP contribution in [0, 0.1) is 6.92 Å². The molecule has 0 aliphatic carbocycles. The number of anilines is 1. The topological polar surface area (TPSA) is 76.2 Å². The molecule has 0 unspecified atom stereocenters. The lowest BCUT2D eigenvalue weighted by Crippen LogP contribution is -2.28. The summed E-state index contributed by atoms with van der Waals surface area (Å²) >= 11 is 0. The summed E-state index contributed by atoms with van der Waals surface area (Å²) in [5.74, 6) is -0.134. The molecule has 0 saturated carbocycles. The Bertz CT molecular complexity index is 425. The van der Waals surface area contributed by atoms with E-state index < -0.39 is 0 Å².